The molecule has 3 aromatic rings. The average Bonchev–Trinajstić information content (AvgIpc) is 2.88. The molecule has 0 bridgehead atoms. The summed E-state index contributed by atoms with van der Waals surface area (Å²) >= 11 is 6.78. The normalized spacial score (nSPS) is 15.9. The number of amides is 2. The first-order valence-corrected chi connectivity index (χ1v) is 13.1. The van der Waals surface area contributed by atoms with Crippen LogP contribution in [0.3, 0.4) is 0 Å². The van der Waals surface area contributed by atoms with E-state index in [9.17, 15) is 19.1 Å². The molecule has 2 amide bonds. The fourth-order valence-corrected chi connectivity index (χ4v) is 5.05. The molecule has 0 radical (unpaired) electrons. The van der Waals surface area contributed by atoms with Gasteiger partial charge in [0.05, 0.1) is 23.4 Å². The van der Waals surface area contributed by atoms with E-state index in [0.717, 1.165) is 20.6 Å². The maximum atomic E-state index is 14.1. The van der Waals surface area contributed by atoms with Crippen LogP contribution in [0.4, 0.5) is 10.1 Å². The summed E-state index contributed by atoms with van der Waals surface area (Å²) in [5.41, 5.74) is 1.14. The maximum Gasteiger partial charge on any atom is 0.256 e. The highest BCUT2D eigenvalue weighted by Gasteiger charge is 2.36. The molecule has 4 rings (SSSR count). The number of benzene rings is 3. The summed E-state index contributed by atoms with van der Waals surface area (Å²) in [5, 5.41) is 12.9. The molecule has 0 saturated carbocycles. The van der Waals surface area contributed by atoms with Crippen LogP contribution in [0, 0.1) is 5.82 Å². The van der Waals surface area contributed by atoms with Gasteiger partial charge in [0.1, 0.15) is 5.82 Å². The predicted molar refractivity (Wildman–Crippen MR) is 145 cm³/mol. The van der Waals surface area contributed by atoms with Gasteiger partial charge >= 0.3 is 0 Å². The van der Waals surface area contributed by atoms with Crippen molar-refractivity contribution < 1.29 is 19.1 Å². The van der Waals surface area contributed by atoms with Crippen molar-refractivity contribution in [2.75, 3.05) is 38.1 Å². The maximum absolute atomic E-state index is 14.1. The summed E-state index contributed by atoms with van der Waals surface area (Å²) < 4.78 is 15.8. The molecule has 0 aliphatic carbocycles. The molecule has 1 aliphatic rings. The minimum absolute atomic E-state index is 0.0632. The Balaban J connectivity index is 1.49. The Bertz CT molecular complexity index is 1260. The van der Waals surface area contributed by atoms with Crippen LogP contribution in [0.2, 0.25) is 0 Å². The van der Waals surface area contributed by atoms with E-state index in [1.807, 2.05) is 31.2 Å². The number of anilines is 1. The van der Waals surface area contributed by atoms with E-state index in [1.165, 1.54) is 12.1 Å². The van der Waals surface area contributed by atoms with Crippen molar-refractivity contribution in [3.63, 3.8) is 0 Å². The van der Waals surface area contributed by atoms with Gasteiger partial charge in [-0.15, -0.1) is 0 Å². The first-order valence-electron chi connectivity index (χ1n) is 11.5. The molecular formula is C27H26Br2FN3O3. The predicted octanol–water partition coefficient (Wildman–Crippen LogP) is 5.27. The van der Waals surface area contributed by atoms with Crippen LogP contribution < -0.4 is 5.32 Å². The zero-order chi connectivity index (χ0) is 25.9. The van der Waals surface area contributed by atoms with Crippen molar-refractivity contribution in [3.05, 3.63) is 98.2 Å². The highest BCUT2D eigenvalue weighted by atomic mass is 79.9. The molecule has 0 spiro atoms. The van der Waals surface area contributed by atoms with Crippen molar-refractivity contribution >= 4 is 49.4 Å². The lowest BCUT2D eigenvalue weighted by Crippen LogP contribution is -2.56. The molecule has 188 valence electrons. The van der Waals surface area contributed by atoms with E-state index < -0.39 is 17.3 Å². The fraction of sp³-hybridized carbons (Fsp3) is 0.259. The van der Waals surface area contributed by atoms with Crippen molar-refractivity contribution in [1.82, 2.24) is 9.80 Å². The third kappa shape index (κ3) is 5.70. The van der Waals surface area contributed by atoms with E-state index in [2.05, 4.69) is 42.1 Å². The van der Waals surface area contributed by atoms with E-state index >= 15 is 0 Å². The second-order valence-corrected chi connectivity index (χ2v) is 10.7. The SMILES string of the molecule is CC(CO)(c1ccc(Br)cc1)N1CCN(C(=O)c2ccc(F)cc2NC(=O)c2cccc(Br)c2)CC1. The van der Waals surface area contributed by atoms with Gasteiger partial charge in [-0.3, -0.25) is 14.5 Å². The van der Waals surface area contributed by atoms with E-state index in [1.54, 1.807) is 29.2 Å². The summed E-state index contributed by atoms with van der Waals surface area (Å²) in [5.74, 6) is -1.27. The van der Waals surface area contributed by atoms with Gasteiger partial charge in [0, 0.05) is 40.7 Å². The van der Waals surface area contributed by atoms with Crippen LogP contribution in [0.25, 0.3) is 0 Å². The Morgan fingerprint density at radius 3 is 2.31 bits per heavy atom. The first kappa shape index (κ1) is 26.5. The largest absolute Gasteiger partial charge is 0.394 e. The van der Waals surface area contributed by atoms with E-state index in [-0.39, 0.29) is 23.8 Å². The van der Waals surface area contributed by atoms with Crippen molar-refractivity contribution in [1.29, 1.82) is 0 Å². The van der Waals surface area contributed by atoms with Gasteiger partial charge in [0.2, 0.25) is 0 Å². The zero-order valence-corrected chi connectivity index (χ0v) is 22.9. The number of halogens is 3. The molecular weight excluding hydrogens is 593 g/mol. The second-order valence-electron chi connectivity index (χ2n) is 8.87. The summed E-state index contributed by atoms with van der Waals surface area (Å²) in [7, 11) is 0. The minimum atomic E-state index is -0.588. The van der Waals surface area contributed by atoms with Crippen LogP contribution >= 0.6 is 31.9 Å². The number of carbonyl (C=O) groups is 2. The number of hydrogen-bond donors (Lipinski definition) is 2. The molecule has 3 aromatic carbocycles. The van der Waals surface area contributed by atoms with Gasteiger partial charge in [-0.1, -0.05) is 50.1 Å². The molecule has 0 aromatic heterocycles. The van der Waals surface area contributed by atoms with Gasteiger partial charge in [-0.05, 0) is 61.0 Å². The molecule has 2 N–H and O–H groups in total. The highest BCUT2D eigenvalue weighted by Crippen LogP contribution is 2.31. The van der Waals surface area contributed by atoms with Crippen LogP contribution in [-0.4, -0.2) is 59.5 Å². The fourth-order valence-electron chi connectivity index (χ4n) is 4.39. The minimum Gasteiger partial charge on any atom is -0.394 e. The smallest absolute Gasteiger partial charge is 0.256 e. The lowest BCUT2D eigenvalue weighted by atomic mass is 9.90. The van der Waals surface area contributed by atoms with Gasteiger partial charge in [-0.25, -0.2) is 4.39 Å². The topological polar surface area (TPSA) is 72.9 Å². The number of rotatable bonds is 6. The Kier molecular flexibility index (Phi) is 8.24. The lowest BCUT2D eigenvalue weighted by Gasteiger charge is -2.45. The Labute approximate surface area is 226 Å². The summed E-state index contributed by atoms with van der Waals surface area (Å²) in [6, 6.07) is 18.5. The quantitative estimate of drug-likeness (QED) is 0.395. The molecule has 1 unspecified atom stereocenters. The van der Waals surface area contributed by atoms with E-state index in [4.69, 9.17) is 0 Å². The van der Waals surface area contributed by atoms with Gasteiger partial charge in [0.25, 0.3) is 11.8 Å². The second kappa shape index (κ2) is 11.2. The molecule has 36 heavy (non-hydrogen) atoms. The highest BCUT2D eigenvalue weighted by molar-refractivity contribution is 9.10. The average molecular weight is 619 g/mol. The standard InChI is InChI=1S/C27H26Br2FN3O3/c1-27(17-34,19-5-7-20(28)8-6-19)33-13-11-32(12-14-33)26(36)23-10-9-22(30)16-24(23)31-25(35)18-3-2-4-21(29)15-18/h2-10,15-16,34H,11-14,17H2,1H3,(H,31,35). The molecule has 1 fully saturated rings. The molecule has 6 nitrogen and oxygen atoms in total. The van der Waals surface area contributed by atoms with E-state index in [0.29, 0.717) is 31.7 Å². The van der Waals surface area contributed by atoms with Crippen LogP contribution in [0.1, 0.15) is 33.2 Å². The summed E-state index contributed by atoms with van der Waals surface area (Å²) in [6.07, 6.45) is 0. The van der Waals surface area contributed by atoms with Crippen molar-refractivity contribution in [2.24, 2.45) is 0 Å². The number of hydrogen-bond acceptors (Lipinski definition) is 4. The van der Waals surface area contributed by atoms with Crippen LogP contribution in [0.15, 0.2) is 75.7 Å². The van der Waals surface area contributed by atoms with Gasteiger partial charge in [-0.2, -0.15) is 0 Å². The molecule has 1 aliphatic heterocycles. The zero-order valence-electron chi connectivity index (χ0n) is 19.7. The number of nitrogens with zero attached hydrogens (tertiary/aromatic N) is 2. The third-order valence-corrected chi connectivity index (χ3v) is 7.61. The number of aliphatic hydroxyl groups is 1. The van der Waals surface area contributed by atoms with Gasteiger partial charge in [0.15, 0.2) is 0 Å². The molecule has 1 atom stereocenters. The van der Waals surface area contributed by atoms with Crippen molar-refractivity contribution in [2.45, 2.75) is 12.5 Å². The van der Waals surface area contributed by atoms with Gasteiger partial charge < -0.3 is 15.3 Å². The number of piperazine rings is 1. The van der Waals surface area contributed by atoms with Crippen molar-refractivity contribution in [3.8, 4) is 0 Å². The Morgan fingerprint density at radius 2 is 1.67 bits per heavy atom. The Morgan fingerprint density at radius 1 is 0.972 bits per heavy atom. The van der Waals surface area contributed by atoms with Crippen LogP contribution in [0.5, 0.6) is 0 Å². The molecule has 1 heterocycles. The number of nitrogens with one attached hydrogen (secondary N) is 1. The third-order valence-electron chi connectivity index (χ3n) is 6.59. The number of carbonyl (C=O) groups excluding carboxylic acids is 2. The molecule has 9 heteroatoms. The summed E-state index contributed by atoms with van der Waals surface area (Å²) in [4.78, 5) is 30.0. The van der Waals surface area contributed by atoms with Crippen LogP contribution in [-0.2, 0) is 5.54 Å². The molecule has 1 saturated heterocycles. The monoisotopic (exact) mass is 617 g/mol. The lowest BCUT2D eigenvalue weighted by molar-refractivity contribution is 0.00441. The number of aliphatic hydroxyl groups excluding tert-OH is 1. The Hall–Kier alpha value is -2.59. The summed E-state index contributed by atoms with van der Waals surface area (Å²) in [6.45, 7) is 3.90. The first-order chi connectivity index (χ1) is 17.2.